The van der Waals surface area contributed by atoms with Gasteiger partial charge < -0.3 is 15.7 Å². The molecule has 1 aromatic carbocycles. The molecule has 5 nitrogen and oxygen atoms in total. The Balaban J connectivity index is 1.75. The number of amides is 1. The van der Waals surface area contributed by atoms with E-state index < -0.39 is 11.8 Å². The van der Waals surface area contributed by atoms with Crippen molar-refractivity contribution in [1.29, 1.82) is 0 Å². The van der Waals surface area contributed by atoms with E-state index >= 15 is 0 Å². The number of hydrogen-bond donors (Lipinski definition) is 3. The fraction of sp³-hybridized carbons (Fsp3) is 0.429. The van der Waals surface area contributed by atoms with Gasteiger partial charge in [0.05, 0.1) is 17.2 Å². The maximum Gasteiger partial charge on any atom is 0.335 e. The zero-order valence-corrected chi connectivity index (χ0v) is 10.7. The van der Waals surface area contributed by atoms with E-state index in [4.69, 9.17) is 5.11 Å². The molecule has 0 saturated carbocycles. The minimum absolute atomic E-state index is 0.0484. The zero-order valence-electron chi connectivity index (χ0n) is 10.7. The van der Waals surface area contributed by atoms with Crippen LogP contribution in [0.5, 0.6) is 0 Å². The molecule has 3 N–H and O–H groups in total. The molecule has 2 bridgehead atoms. The molecule has 6 heteroatoms. The summed E-state index contributed by atoms with van der Waals surface area (Å²) in [5.74, 6) is -2.19. The molecule has 20 heavy (non-hydrogen) atoms. The third kappa shape index (κ3) is 2.27. The van der Waals surface area contributed by atoms with Crippen LogP contribution in [0.4, 0.5) is 10.1 Å². The van der Waals surface area contributed by atoms with E-state index in [1.165, 1.54) is 6.07 Å². The van der Waals surface area contributed by atoms with Crippen LogP contribution in [0.15, 0.2) is 18.2 Å². The number of halogens is 1. The number of aromatic carboxylic acids is 1. The summed E-state index contributed by atoms with van der Waals surface area (Å²) in [6.07, 6.45) is 2.80. The summed E-state index contributed by atoms with van der Waals surface area (Å²) in [6, 6.07) is 3.91. The first-order valence-electron chi connectivity index (χ1n) is 6.64. The largest absolute Gasteiger partial charge is 0.478 e. The highest BCUT2D eigenvalue weighted by Crippen LogP contribution is 2.34. The molecule has 0 aromatic heterocycles. The summed E-state index contributed by atoms with van der Waals surface area (Å²) in [6.45, 7) is 0. The maximum atomic E-state index is 13.6. The molecule has 2 aliphatic rings. The lowest BCUT2D eigenvalue weighted by molar-refractivity contribution is -0.120. The molecule has 2 fully saturated rings. The Hall–Kier alpha value is -1.95. The van der Waals surface area contributed by atoms with Crippen LogP contribution in [0.1, 0.15) is 29.6 Å². The Morgan fingerprint density at radius 2 is 2.15 bits per heavy atom. The highest BCUT2D eigenvalue weighted by molar-refractivity contribution is 5.95. The predicted molar refractivity (Wildman–Crippen MR) is 70.0 cm³/mol. The number of nitrogens with one attached hydrogen (secondary N) is 2. The second kappa shape index (κ2) is 4.86. The van der Waals surface area contributed by atoms with E-state index in [1.807, 2.05) is 0 Å². The minimum atomic E-state index is -1.15. The molecule has 3 rings (SSSR count). The zero-order chi connectivity index (χ0) is 14.3. The van der Waals surface area contributed by atoms with Crippen molar-refractivity contribution >= 4 is 17.6 Å². The number of carbonyl (C=O) groups excluding carboxylic acids is 1. The van der Waals surface area contributed by atoms with Gasteiger partial charge in [-0.15, -0.1) is 0 Å². The smallest absolute Gasteiger partial charge is 0.335 e. The third-order valence-electron chi connectivity index (χ3n) is 4.11. The van der Waals surface area contributed by atoms with Crippen molar-refractivity contribution in [2.24, 2.45) is 5.92 Å². The number of carboxylic acids is 1. The molecular weight excluding hydrogens is 263 g/mol. The van der Waals surface area contributed by atoms with Crippen molar-refractivity contribution in [2.45, 2.75) is 31.3 Å². The van der Waals surface area contributed by atoms with Crippen LogP contribution in [0, 0.1) is 11.7 Å². The van der Waals surface area contributed by atoms with Crippen molar-refractivity contribution in [3.63, 3.8) is 0 Å². The van der Waals surface area contributed by atoms with Gasteiger partial charge >= 0.3 is 5.97 Å². The van der Waals surface area contributed by atoms with Gasteiger partial charge in [-0.2, -0.15) is 0 Å². The van der Waals surface area contributed by atoms with Crippen molar-refractivity contribution in [1.82, 2.24) is 5.32 Å². The van der Waals surface area contributed by atoms with Gasteiger partial charge in [-0.25, -0.2) is 9.18 Å². The quantitative estimate of drug-likeness (QED) is 0.784. The van der Waals surface area contributed by atoms with Crippen molar-refractivity contribution < 1.29 is 19.1 Å². The monoisotopic (exact) mass is 278 g/mol. The van der Waals surface area contributed by atoms with E-state index in [0.29, 0.717) is 6.04 Å². The normalized spacial score (nSPS) is 27.6. The molecule has 0 aliphatic carbocycles. The van der Waals surface area contributed by atoms with Gasteiger partial charge in [0.25, 0.3) is 0 Å². The van der Waals surface area contributed by atoms with Crippen molar-refractivity contribution in [2.75, 3.05) is 5.32 Å². The van der Waals surface area contributed by atoms with Crippen LogP contribution < -0.4 is 10.6 Å². The molecule has 0 radical (unpaired) electrons. The molecule has 2 aliphatic heterocycles. The lowest BCUT2D eigenvalue weighted by Crippen LogP contribution is -2.33. The Morgan fingerprint density at radius 1 is 1.35 bits per heavy atom. The lowest BCUT2D eigenvalue weighted by atomic mass is 9.88. The van der Waals surface area contributed by atoms with Gasteiger partial charge in [0, 0.05) is 12.1 Å². The van der Waals surface area contributed by atoms with Crippen molar-refractivity contribution in [3.05, 3.63) is 29.6 Å². The fourth-order valence-electron chi connectivity index (χ4n) is 3.09. The van der Waals surface area contributed by atoms with Gasteiger partial charge in [-0.3, -0.25) is 4.79 Å². The number of hydrogen-bond acceptors (Lipinski definition) is 3. The molecule has 3 unspecified atom stereocenters. The summed E-state index contributed by atoms with van der Waals surface area (Å²) in [7, 11) is 0. The first-order chi connectivity index (χ1) is 9.54. The van der Waals surface area contributed by atoms with E-state index in [9.17, 15) is 14.0 Å². The summed E-state index contributed by atoms with van der Waals surface area (Å²) >= 11 is 0. The van der Waals surface area contributed by atoms with Crippen LogP contribution in [-0.2, 0) is 4.79 Å². The van der Waals surface area contributed by atoms with Crippen LogP contribution in [-0.4, -0.2) is 29.1 Å². The van der Waals surface area contributed by atoms with Gasteiger partial charge in [0.1, 0.15) is 5.82 Å². The molecular formula is C14H15FN2O3. The summed E-state index contributed by atoms with van der Waals surface area (Å²) in [4.78, 5) is 23.0. The van der Waals surface area contributed by atoms with Gasteiger partial charge in [-0.1, -0.05) is 0 Å². The van der Waals surface area contributed by atoms with Crippen LogP contribution in [0.2, 0.25) is 0 Å². The van der Waals surface area contributed by atoms with E-state index in [2.05, 4.69) is 10.6 Å². The molecule has 2 heterocycles. The van der Waals surface area contributed by atoms with Gasteiger partial charge in [0.15, 0.2) is 0 Å². The van der Waals surface area contributed by atoms with Gasteiger partial charge in [0.2, 0.25) is 5.91 Å². The fourth-order valence-corrected chi connectivity index (χ4v) is 3.09. The number of fused-ring (bicyclic) bond motifs is 2. The topological polar surface area (TPSA) is 78.4 Å². The number of anilines is 1. The average Bonchev–Trinajstić information content (AvgIpc) is 3.03. The highest BCUT2D eigenvalue weighted by Gasteiger charge is 2.42. The molecule has 1 amide bonds. The van der Waals surface area contributed by atoms with Crippen molar-refractivity contribution in [3.8, 4) is 0 Å². The Kier molecular flexibility index (Phi) is 3.17. The molecule has 1 aromatic rings. The summed E-state index contributed by atoms with van der Waals surface area (Å²) < 4.78 is 13.6. The number of benzene rings is 1. The molecule has 3 atom stereocenters. The number of rotatable bonds is 3. The van der Waals surface area contributed by atoms with E-state index in [-0.39, 0.29) is 29.1 Å². The summed E-state index contributed by atoms with van der Waals surface area (Å²) in [5.41, 5.74) is -0.120. The second-order valence-corrected chi connectivity index (χ2v) is 5.38. The Morgan fingerprint density at radius 3 is 2.75 bits per heavy atom. The lowest BCUT2D eigenvalue weighted by Gasteiger charge is -2.19. The highest BCUT2D eigenvalue weighted by atomic mass is 19.1. The molecule has 0 spiro atoms. The average molecular weight is 278 g/mol. The number of carbonyl (C=O) groups is 2. The van der Waals surface area contributed by atoms with Crippen LogP contribution >= 0.6 is 0 Å². The van der Waals surface area contributed by atoms with Crippen LogP contribution in [0.3, 0.4) is 0 Å². The third-order valence-corrected chi connectivity index (χ3v) is 4.11. The minimum Gasteiger partial charge on any atom is -0.478 e. The van der Waals surface area contributed by atoms with Gasteiger partial charge in [-0.05, 0) is 37.5 Å². The predicted octanol–water partition coefficient (Wildman–Crippen LogP) is 1.60. The maximum absolute atomic E-state index is 13.6. The standard InChI is InChI=1S/C14H15FN2O3/c15-10-3-1-7(14(19)20)5-12(10)17-13(18)9-6-8-2-4-11(9)16-8/h1,3,5,8-9,11,16H,2,4,6H2,(H,17,18)(H,19,20). The first kappa shape index (κ1) is 13.1. The molecule has 106 valence electrons. The second-order valence-electron chi connectivity index (χ2n) is 5.38. The first-order valence-corrected chi connectivity index (χ1v) is 6.64. The Bertz CT molecular complexity index is 576. The molecule has 2 saturated heterocycles. The van der Waals surface area contributed by atoms with Crippen LogP contribution in [0.25, 0.3) is 0 Å². The van der Waals surface area contributed by atoms with E-state index in [1.54, 1.807) is 0 Å². The number of carboxylic acid groups (broad SMARTS) is 1. The summed E-state index contributed by atoms with van der Waals surface area (Å²) in [5, 5.41) is 14.7. The van der Waals surface area contributed by atoms with E-state index in [0.717, 1.165) is 31.4 Å². The SMILES string of the molecule is O=C(O)c1ccc(F)c(NC(=O)C2CC3CCC2N3)c1. The Labute approximate surface area is 115 Å².